The number of halogens is 1. The molecular weight excluding hydrogens is 553 g/mol. The molecule has 1 fully saturated rings. The van der Waals surface area contributed by atoms with Gasteiger partial charge in [0.25, 0.3) is 0 Å². The van der Waals surface area contributed by atoms with Crippen LogP contribution in [0.15, 0.2) is 55.0 Å². The zero-order valence-corrected chi connectivity index (χ0v) is 23.5. The van der Waals surface area contributed by atoms with Crippen molar-refractivity contribution in [1.29, 1.82) is 0 Å². The van der Waals surface area contributed by atoms with Gasteiger partial charge in [0.1, 0.15) is 11.5 Å². The number of carbonyl (C=O) groups is 2. The van der Waals surface area contributed by atoms with Gasteiger partial charge in [-0.05, 0) is 50.1 Å². The summed E-state index contributed by atoms with van der Waals surface area (Å²) in [4.78, 5) is 42.9. The van der Waals surface area contributed by atoms with E-state index >= 15 is 4.39 Å². The van der Waals surface area contributed by atoms with E-state index in [1.54, 1.807) is 37.6 Å². The van der Waals surface area contributed by atoms with Crippen LogP contribution in [0.2, 0.25) is 0 Å². The molecule has 1 aromatic carbocycles. The lowest BCUT2D eigenvalue weighted by Gasteiger charge is -2.20. The van der Waals surface area contributed by atoms with Crippen LogP contribution in [-0.4, -0.2) is 41.8 Å². The van der Waals surface area contributed by atoms with Crippen LogP contribution in [0.4, 0.5) is 10.1 Å². The number of thiophene rings is 1. The number of benzene rings is 1. The highest BCUT2D eigenvalue weighted by atomic mass is 32.1. The second-order valence-corrected chi connectivity index (χ2v) is 11.7. The first-order valence-electron chi connectivity index (χ1n) is 13.8. The number of ketones is 1. The molecule has 0 unspecified atom stereocenters. The lowest BCUT2D eigenvalue weighted by Crippen LogP contribution is -2.24. The maximum atomic E-state index is 15.3. The predicted octanol–water partition coefficient (Wildman–Crippen LogP) is 7.15. The smallest absolute Gasteiger partial charge is 0.227 e. The van der Waals surface area contributed by atoms with Crippen molar-refractivity contribution >= 4 is 50.8 Å². The molecule has 1 aliphatic rings. The summed E-state index contributed by atoms with van der Waals surface area (Å²) >= 11 is 1.41. The van der Waals surface area contributed by atoms with E-state index in [-0.39, 0.29) is 17.6 Å². The average molecular weight is 580 g/mol. The minimum Gasteiger partial charge on any atom is -0.335 e. The van der Waals surface area contributed by atoms with Crippen molar-refractivity contribution < 1.29 is 14.0 Å². The van der Waals surface area contributed by atoms with Gasteiger partial charge in [-0.1, -0.05) is 19.3 Å². The minimum absolute atomic E-state index is 0.00111. The Bertz CT molecular complexity index is 1990. The monoisotopic (exact) mass is 579 g/mol. The number of nitrogens with one attached hydrogen (secondary N) is 3. The first kappa shape index (κ1) is 26.1. The predicted molar refractivity (Wildman–Crippen MR) is 161 cm³/mol. The Morgan fingerprint density at radius 1 is 1.05 bits per heavy atom. The van der Waals surface area contributed by atoms with Gasteiger partial charge >= 0.3 is 0 Å². The van der Waals surface area contributed by atoms with E-state index in [4.69, 9.17) is 0 Å². The fourth-order valence-corrected chi connectivity index (χ4v) is 6.54. The number of hydrogen-bond acceptors (Lipinski definition) is 7. The highest BCUT2D eigenvalue weighted by molar-refractivity contribution is 7.17. The molecule has 5 aromatic heterocycles. The van der Waals surface area contributed by atoms with Crippen LogP contribution in [0.5, 0.6) is 0 Å². The van der Waals surface area contributed by atoms with Crippen LogP contribution in [0.1, 0.15) is 48.7 Å². The van der Waals surface area contributed by atoms with Crippen LogP contribution in [0, 0.1) is 11.7 Å². The Balaban J connectivity index is 1.24. The minimum atomic E-state index is -0.442. The molecule has 6 aromatic rings. The molecule has 11 heteroatoms. The zero-order chi connectivity index (χ0) is 28.8. The molecule has 0 atom stereocenters. The number of rotatable bonds is 6. The third-order valence-corrected chi connectivity index (χ3v) is 9.00. The number of nitrogens with zero attached hydrogens (tertiary/aromatic N) is 4. The number of Topliss-reactive ketones (excluding diaryl/α,β-unsaturated/α-hetero) is 1. The van der Waals surface area contributed by atoms with Crippen molar-refractivity contribution in [3.63, 3.8) is 0 Å². The first-order valence-corrected chi connectivity index (χ1v) is 14.7. The lowest BCUT2D eigenvalue weighted by molar-refractivity contribution is -0.120. The first-order chi connectivity index (χ1) is 20.4. The van der Waals surface area contributed by atoms with Gasteiger partial charge in [-0.3, -0.25) is 19.7 Å². The van der Waals surface area contributed by atoms with Crippen LogP contribution in [-0.2, 0) is 4.79 Å². The molecule has 0 spiro atoms. The van der Waals surface area contributed by atoms with Gasteiger partial charge in [-0.25, -0.2) is 14.4 Å². The highest BCUT2D eigenvalue weighted by Crippen LogP contribution is 2.36. The molecule has 0 aliphatic heterocycles. The molecule has 7 rings (SSSR count). The maximum absolute atomic E-state index is 15.3. The van der Waals surface area contributed by atoms with Gasteiger partial charge in [0.2, 0.25) is 5.91 Å². The molecule has 1 amide bonds. The Kier molecular flexibility index (Phi) is 6.58. The van der Waals surface area contributed by atoms with E-state index in [1.165, 1.54) is 23.8 Å². The van der Waals surface area contributed by atoms with Crippen molar-refractivity contribution in [3.8, 4) is 33.1 Å². The Labute approximate surface area is 243 Å². The van der Waals surface area contributed by atoms with Gasteiger partial charge in [-0.15, -0.1) is 11.3 Å². The van der Waals surface area contributed by atoms with E-state index in [0.717, 1.165) is 36.1 Å². The molecular formula is C31H26FN7O2S. The second kappa shape index (κ2) is 10.6. The lowest BCUT2D eigenvalue weighted by atomic mass is 9.88. The average Bonchev–Trinajstić information content (AvgIpc) is 3.75. The summed E-state index contributed by atoms with van der Waals surface area (Å²) in [5.41, 5.74) is 4.53. The molecule has 42 heavy (non-hydrogen) atoms. The van der Waals surface area contributed by atoms with E-state index in [1.807, 2.05) is 18.2 Å². The molecule has 5 heterocycles. The van der Waals surface area contributed by atoms with E-state index < -0.39 is 5.82 Å². The summed E-state index contributed by atoms with van der Waals surface area (Å²) in [6.45, 7) is 1.55. The Morgan fingerprint density at radius 2 is 1.90 bits per heavy atom. The SMILES string of the molecule is CC(=O)c1ccc(-c2ccnc3nc(-c4n[nH]c5cc(F)c(-c6cncc(NC(=O)C7CCCCC7)c6)cc45)[nH]c23)s1. The summed E-state index contributed by atoms with van der Waals surface area (Å²) in [5, 5.41) is 11.0. The molecule has 210 valence electrons. The van der Waals surface area contributed by atoms with Crippen molar-refractivity contribution in [2.24, 2.45) is 5.92 Å². The standard InChI is InChI=1S/C31H26FN7O2S/c1-16(40)25-7-8-26(42-25)20-9-10-34-29-27(20)36-30(37-29)28-22-12-21(23(32)13-24(22)38-39-28)18-11-19(15-33-14-18)35-31(41)17-5-3-2-4-6-17/h7-15,17H,2-6H2,1H3,(H,35,41)(H,38,39)(H,34,36,37). The molecule has 1 aliphatic carbocycles. The van der Waals surface area contributed by atoms with Crippen LogP contribution in [0.25, 0.3) is 55.2 Å². The number of aromatic amines is 2. The fraction of sp³-hybridized carbons (Fsp3) is 0.226. The third-order valence-electron chi connectivity index (χ3n) is 7.78. The number of amides is 1. The van der Waals surface area contributed by atoms with Crippen molar-refractivity contribution in [2.75, 3.05) is 5.32 Å². The third kappa shape index (κ3) is 4.75. The van der Waals surface area contributed by atoms with Gasteiger partial charge in [-0.2, -0.15) is 5.10 Å². The van der Waals surface area contributed by atoms with Crippen molar-refractivity contribution in [1.82, 2.24) is 30.1 Å². The zero-order valence-electron chi connectivity index (χ0n) is 22.7. The summed E-state index contributed by atoms with van der Waals surface area (Å²) in [7, 11) is 0. The number of fused-ring (bicyclic) bond motifs is 2. The van der Waals surface area contributed by atoms with Crippen LogP contribution in [0.3, 0.4) is 0 Å². The number of pyridine rings is 2. The van der Waals surface area contributed by atoms with Crippen LogP contribution >= 0.6 is 11.3 Å². The fourth-order valence-electron chi connectivity index (χ4n) is 5.60. The van der Waals surface area contributed by atoms with Gasteiger partial charge in [0, 0.05) is 51.3 Å². The summed E-state index contributed by atoms with van der Waals surface area (Å²) in [6, 6.07) is 10.5. The van der Waals surface area contributed by atoms with E-state index in [9.17, 15) is 9.59 Å². The molecule has 1 saturated carbocycles. The molecule has 9 nitrogen and oxygen atoms in total. The molecule has 0 bridgehead atoms. The van der Waals surface area contributed by atoms with Gasteiger partial charge in [0.05, 0.1) is 27.8 Å². The quantitative estimate of drug-likeness (QED) is 0.180. The summed E-state index contributed by atoms with van der Waals surface area (Å²) in [5.74, 6) is 0.0326. The number of imidazole rings is 1. The maximum Gasteiger partial charge on any atom is 0.227 e. The number of anilines is 1. The summed E-state index contributed by atoms with van der Waals surface area (Å²) < 4.78 is 15.3. The van der Waals surface area contributed by atoms with Gasteiger partial charge in [0.15, 0.2) is 17.3 Å². The van der Waals surface area contributed by atoms with E-state index in [2.05, 4.69) is 35.5 Å². The number of hydrogen-bond donors (Lipinski definition) is 3. The van der Waals surface area contributed by atoms with Gasteiger partial charge < -0.3 is 10.3 Å². The summed E-state index contributed by atoms with van der Waals surface area (Å²) in [6.07, 6.45) is 9.90. The van der Waals surface area contributed by atoms with E-state index in [0.29, 0.717) is 55.3 Å². The Morgan fingerprint density at radius 3 is 2.71 bits per heavy atom. The molecule has 0 radical (unpaired) electrons. The largest absolute Gasteiger partial charge is 0.335 e. The number of carbonyl (C=O) groups excluding carboxylic acids is 2. The number of aromatic nitrogens is 6. The topological polar surface area (TPSA) is 129 Å². The highest BCUT2D eigenvalue weighted by Gasteiger charge is 2.22. The van der Waals surface area contributed by atoms with Crippen LogP contribution < -0.4 is 5.32 Å². The Hall–Kier alpha value is -4.77. The normalized spacial score (nSPS) is 14.0. The van der Waals surface area contributed by atoms with Crippen molar-refractivity contribution in [3.05, 3.63) is 65.7 Å². The van der Waals surface area contributed by atoms with Crippen molar-refractivity contribution in [2.45, 2.75) is 39.0 Å². The molecule has 3 N–H and O–H groups in total. The number of H-pyrrole nitrogens is 2. The molecule has 0 saturated heterocycles. The second-order valence-electron chi connectivity index (χ2n) is 10.6.